The van der Waals surface area contributed by atoms with Crippen LogP contribution in [0.5, 0.6) is 0 Å². The van der Waals surface area contributed by atoms with Gasteiger partial charge < -0.3 is 9.13 Å². The lowest BCUT2D eigenvalue weighted by Gasteiger charge is -2.10. The molecular weight excluding hydrogens is 523 g/mol. The molecule has 0 aliphatic rings. The first-order chi connectivity index (χ1) is 18.2. The van der Waals surface area contributed by atoms with Gasteiger partial charge in [0.15, 0.2) is 10.3 Å². The van der Waals surface area contributed by atoms with E-state index >= 15 is 0 Å². The molecule has 0 aliphatic heterocycles. The Morgan fingerprint density at radius 3 is 1.71 bits per heavy atom. The van der Waals surface area contributed by atoms with Crippen LogP contribution in [0.15, 0.2) is 70.5 Å². The standard InChI is InChI=1S/C14H11Cl2N3.C14H13N3O2/c1-8-3-4-11(9(2)7-8)19-6-5-10-12(19)14(16)18-17-13(10)15;1-8-3-4-11(9(2)7-8)17-6-5-10-12(17)14(19)16-15-13(10)18/h3-7H,1-2H3;3-7H,1-2H3,(H,15,18)(H,16,19). The Hall–Kier alpha value is -4.14. The molecule has 6 aromatic rings. The van der Waals surface area contributed by atoms with E-state index in [0.717, 1.165) is 33.4 Å². The zero-order chi connectivity index (χ0) is 27.1. The number of aryl methyl sites for hydroxylation is 4. The van der Waals surface area contributed by atoms with Gasteiger partial charge in [0.1, 0.15) is 5.52 Å². The fourth-order valence-corrected chi connectivity index (χ4v) is 5.06. The van der Waals surface area contributed by atoms with Gasteiger partial charge in [-0.25, -0.2) is 0 Å². The lowest BCUT2D eigenvalue weighted by molar-refractivity contribution is 0.961. The third kappa shape index (κ3) is 4.53. The van der Waals surface area contributed by atoms with Crippen molar-refractivity contribution in [2.45, 2.75) is 27.7 Å². The van der Waals surface area contributed by atoms with Crippen molar-refractivity contribution in [2.24, 2.45) is 0 Å². The summed E-state index contributed by atoms with van der Waals surface area (Å²) in [7, 11) is 0. The number of nitrogens with one attached hydrogen (secondary N) is 2. The van der Waals surface area contributed by atoms with Crippen LogP contribution in [0.3, 0.4) is 0 Å². The Morgan fingerprint density at radius 1 is 0.632 bits per heavy atom. The monoisotopic (exact) mass is 546 g/mol. The minimum Gasteiger partial charge on any atom is -0.313 e. The molecule has 0 saturated carbocycles. The fraction of sp³-hybridized carbons (Fsp3) is 0.143. The molecule has 8 nitrogen and oxygen atoms in total. The number of benzene rings is 2. The molecule has 0 fully saturated rings. The number of halogens is 2. The van der Waals surface area contributed by atoms with Crippen molar-refractivity contribution >= 4 is 45.0 Å². The summed E-state index contributed by atoms with van der Waals surface area (Å²) in [5.74, 6) is 0. The van der Waals surface area contributed by atoms with E-state index in [-0.39, 0.29) is 11.1 Å². The summed E-state index contributed by atoms with van der Waals surface area (Å²) in [4.78, 5) is 23.6. The Kier molecular flexibility index (Phi) is 6.69. The second kappa shape index (κ2) is 9.96. The van der Waals surface area contributed by atoms with Crippen molar-refractivity contribution in [2.75, 3.05) is 0 Å². The molecule has 0 aliphatic carbocycles. The second-order valence-electron chi connectivity index (χ2n) is 9.17. The summed E-state index contributed by atoms with van der Waals surface area (Å²) >= 11 is 12.2. The number of nitrogens with zero attached hydrogens (tertiary/aromatic N) is 4. The first-order valence-corrected chi connectivity index (χ1v) is 12.6. The average molecular weight is 547 g/mol. The number of hydrogen-bond donors (Lipinski definition) is 2. The maximum atomic E-state index is 11.9. The molecule has 0 atom stereocenters. The van der Waals surface area contributed by atoms with Gasteiger partial charge in [-0.2, -0.15) is 0 Å². The van der Waals surface area contributed by atoms with E-state index in [1.165, 1.54) is 11.1 Å². The SMILES string of the molecule is Cc1ccc(-n2ccc3c(=O)[nH][nH]c(=O)c32)c(C)c1.Cc1ccc(-n2ccc3c(Cl)nnc(Cl)c32)c(C)c1. The minimum atomic E-state index is -0.306. The maximum absolute atomic E-state index is 11.9. The smallest absolute Gasteiger partial charge is 0.287 e. The molecular formula is C28H24Cl2N6O2. The molecule has 0 amide bonds. The molecule has 4 aromatic heterocycles. The average Bonchev–Trinajstić information content (AvgIpc) is 3.51. The van der Waals surface area contributed by atoms with Crippen LogP contribution in [-0.4, -0.2) is 29.5 Å². The minimum absolute atomic E-state index is 0.293. The molecule has 0 unspecified atom stereocenters. The second-order valence-corrected chi connectivity index (χ2v) is 9.88. The van der Waals surface area contributed by atoms with Crippen LogP contribution in [0, 0.1) is 27.7 Å². The first-order valence-electron chi connectivity index (χ1n) is 11.8. The van der Waals surface area contributed by atoms with Gasteiger partial charge in [0, 0.05) is 29.2 Å². The van der Waals surface area contributed by atoms with Crippen LogP contribution < -0.4 is 11.1 Å². The number of aromatic amines is 2. The van der Waals surface area contributed by atoms with Gasteiger partial charge in [-0.1, -0.05) is 58.6 Å². The third-order valence-corrected chi connectivity index (χ3v) is 6.92. The topological polar surface area (TPSA) is 101 Å². The predicted octanol–water partition coefficient (Wildman–Crippen LogP) is 5.97. The van der Waals surface area contributed by atoms with E-state index in [9.17, 15) is 9.59 Å². The zero-order valence-corrected chi connectivity index (χ0v) is 22.6. The zero-order valence-electron chi connectivity index (χ0n) is 21.1. The maximum Gasteiger partial charge on any atom is 0.287 e. The molecule has 2 N–H and O–H groups in total. The van der Waals surface area contributed by atoms with Gasteiger partial charge in [-0.3, -0.25) is 19.8 Å². The van der Waals surface area contributed by atoms with Crippen molar-refractivity contribution in [3.8, 4) is 11.4 Å². The fourth-order valence-electron chi connectivity index (χ4n) is 4.64. The molecule has 2 aromatic carbocycles. The van der Waals surface area contributed by atoms with Crippen molar-refractivity contribution in [1.29, 1.82) is 0 Å². The van der Waals surface area contributed by atoms with E-state index in [4.69, 9.17) is 23.2 Å². The Balaban J connectivity index is 0.000000155. The van der Waals surface area contributed by atoms with Gasteiger partial charge in [-0.05, 0) is 63.1 Å². The van der Waals surface area contributed by atoms with Gasteiger partial charge in [0.25, 0.3) is 11.1 Å². The highest BCUT2D eigenvalue weighted by molar-refractivity contribution is 6.38. The molecule has 10 heteroatoms. The number of H-pyrrole nitrogens is 2. The number of aromatic nitrogens is 6. The highest BCUT2D eigenvalue weighted by atomic mass is 35.5. The summed E-state index contributed by atoms with van der Waals surface area (Å²) in [6.45, 7) is 8.13. The van der Waals surface area contributed by atoms with Crippen LogP contribution in [0.25, 0.3) is 33.2 Å². The van der Waals surface area contributed by atoms with Gasteiger partial charge in [-0.15, -0.1) is 10.2 Å². The van der Waals surface area contributed by atoms with Gasteiger partial charge in [0.2, 0.25) is 0 Å². The molecule has 38 heavy (non-hydrogen) atoms. The van der Waals surface area contributed by atoms with E-state index < -0.39 is 0 Å². The highest BCUT2D eigenvalue weighted by Gasteiger charge is 2.14. The Morgan fingerprint density at radius 2 is 1.13 bits per heavy atom. The van der Waals surface area contributed by atoms with E-state index in [1.807, 2.05) is 48.9 Å². The number of fused-ring (bicyclic) bond motifs is 2. The molecule has 192 valence electrons. The summed E-state index contributed by atoms with van der Waals surface area (Å²) in [6, 6.07) is 15.8. The van der Waals surface area contributed by atoms with Crippen molar-refractivity contribution < 1.29 is 0 Å². The van der Waals surface area contributed by atoms with Crippen LogP contribution >= 0.6 is 23.2 Å². The van der Waals surface area contributed by atoms with E-state index in [2.05, 4.69) is 52.4 Å². The summed E-state index contributed by atoms with van der Waals surface area (Å²) < 4.78 is 3.74. The molecule has 0 spiro atoms. The highest BCUT2D eigenvalue weighted by Crippen LogP contribution is 2.30. The summed E-state index contributed by atoms with van der Waals surface area (Å²) in [5, 5.41) is 14.3. The van der Waals surface area contributed by atoms with Crippen LogP contribution in [-0.2, 0) is 0 Å². The van der Waals surface area contributed by atoms with Crippen molar-refractivity contribution in [3.63, 3.8) is 0 Å². The molecule has 0 saturated heterocycles. The molecule has 4 heterocycles. The largest absolute Gasteiger partial charge is 0.313 e. The number of rotatable bonds is 2. The predicted molar refractivity (Wildman–Crippen MR) is 152 cm³/mol. The van der Waals surface area contributed by atoms with Gasteiger partial charge in [0.05, 0.1) is 10.9 Å². The lowest BCUT2D eigenvalue weighted by Crippen LogP contribution is -2.20. The van der Waals surface area contributed by atoms with Crippen LogP contribution in [0.1, 0.15) is 22.3 Å². The molecule has 0 radical (unpaired) electrons. The summed E-state index contributed by atoms with van der Waals surface area (Å²) in [6.07, 6.45) is 3.68. The third-order valence-electron chi connectivity index (χ3n) is 6.39. The van der Waals surface area contributed by atoms with Gasteiger partial charge >= 0.3 is 0 Å². The van der Waals surface area contributed by atoms with E-state index in [0.29, 0.717) is 21.2 Å². The number of hydrogen-bond acceptors (Lipinski definition) is 4. The Bertz CT molecular complexity index is 1950. The van der Waals surface area contributed by atoms with Crippen molar-refractivity contribution in [1.82, 2.24) is 29.5 Å². The molecule has 0 bridgehead atoms. The summed E-state index contributed by atoms with van der Waals surface area (Å²) in [5.41, 5.74) is 7.12. The first kappa shape index (κ1) is 25.5. The van der Waals surface area contributed by atoms with Crippen LogP contribution in [0.4, 0.5) is 0 Å². The van der Waals surface area contributed by atoms with Crippen molar-refractivity contribution in [3.05, 3.63) is 114 Å². The quantitative estimate of drug-likeness (QED) is 0.279. The van der Waals surface area contributed by atoms with Crippen LogP contribution in [0.2, 0.25) is 10.3 Å². The Labute approximate surface area is 227 Å². The normalized spacial score (nSPS) is 11.1. The lowest BCUT2D eigenvalue weighted by atomic mass is 10.1. The van der Waals surface area contributed by atoms with E-state index in [1.54, 1.807) is 16.8 Å². The molecule has 6 rings (SSSR count).